The molecule has 106 valence electrons. The van der Waals surface area contributed by atoms with E-state index in [4.69, 9.17) is 11.6 Å². The Hall–Kier alpha value is -2.33. The highest BCUT2D eigenvalue weighted by molar-refractivity contribution is 6.34. The topological polar surface area (TPSA) is 58.2 Å². The molecule has 2 N–H and O–H groups in total. The summed E-state index contributed by atoms with van der Waals surface area (Å²) >= 11 is 6.01. The zero-order chi connectivity index (χ0) is 15.0. The summed E-state index contributed by atoms with van der Waals surface area (Å²) in [6.45, 7) is 1.83. The molecule has 2 amide bonds. The molecule has 1 aliphatic rings. The molecule has 0 saturated carbocycles. The standard InChI is InChI=1S/C16H13ClN2O2/c1-9-12-8-10(6-7-14(12)19-15(9)20)18-16(21)11-4-2-3-5-13(11)17/h2-9H,1H3,(H,18,21)(H,19,20). The maximum Gasteiger partial charge on any atom is 0.257 e. The molecular weight excluding hydrogens is 288 g/mol. The van der Waals surface area contributed by atoms with Gasteiger partial charge in [-0.15, -0.1) is 0 Å². The first-order chi connectivity index (χ1) is 10.1. The summed E-state index contributed by atoms with van der Waals surface area (Å²) in [6.07, 6.45) is 0. The Morgan fingerprint density at radius 3 is 2.76 bits per heavy atom. The minimum absolute atomic E-state index is 0.0282. The van der Waals surface area contributed by atoms with Crippen molar-refractivity contribution in [3.8, 4) is 0 Å². The summed E-state index contributed by atoms with van der Waals surface area (Å²) in [4.78, 5) is 23.8. The van der Waals surface area contributed by atoms with Crippen molar-refractivity contribution < 1.29 is 9.59 Å². The van der Waals surface area contributed by atoms with Gasteiger partial charge in [0.25, 0.3) is 5.91 Å². The quantitative estimate of drug-likeness (QED) is 0.889. The summed E-state index contributed by atoms with van der Waals surface area (Å²) in [5, 5.41) is 6.00. The summed E-state index contributed by atoms with van der Waals surface area (Å²) < 4.78 is 0. The fourth-order valence-electron chi connectivity index (χ4n) is 2.34. The van der Waals surface area contributed by atoms with Crippen molar-refractivity contribution >= 4 is 34.8 Å². The molecule has 0 aliphatic carbocycles. The Morgan fingerprint density at radius 2 is 2.00 bits per heavy atom. The fraction of sp³-hybridized carbons (Fsp3) is 0.125. The molecular formula is C16H13ClN2O2. The van der Waals surface area contributed by atoms with Crippen LogP contribution in [0.1, 0.15) is 28.8 Å². The molecule has 0 spiro atoms. The van der Waals surface area contributed by atoms with Gasteiger partial charge in [0.15, 0.2) is 0 Å². The average Bonchev–Trinajstić information content (AvgIpc) is 2.75. The maximum absolute atomic E-state index is 12.2. The van der Waals surface area contributed by atoms with Crippen LogP contribution in [0.5, 0.6) is 0 Å². The molecule has 0 saturated heterocycles. The van der Waals surface area contributed by atoms with Crippen molar-refractivity contribution in [2.45, 2.75) is 12.8 Å². The van der Waals surface area contributed by atoms with Crippen molar-refractivity contribution in [3.63, 3.8) is 0 Å². The molecule has 5 heteroatoms. The number of carbonyl (C=O) groups is 2. The van der Waals surface area contributed by atoms with Gasteiger partial charge in [-0.3, -0.25) is 9.59 Å². The van der Waals surface area contributed by atoms with Crippen molar-refractivity contribution in [2.24, 2.45) is 0 Å². The van der Waals surface area contributed by atoms with Crippen molar-refractivity contribution in [1.82, 2.24) is 0 Å². The van der Waals surface area contributed by atoms with E-state index in [0.717, 1.165) is 11.3 Å². The molecule has 1 unspecified atom stereocenters. The van der Waals surface area contributed by atoms with Crippen LogP contribution in [0.3, 0.4) is 0 Å². The predicted molar refractivity (Wildman–Crippen MR) is 82.9 cm³/mol. The maximum atomic E-state index is 12.2. The molecule has 21 heavy (non-hydrogen) atoms. The Morgan fingerprint density at radius 1 is 1.24 bits per heavy atom. The van der Waals surface area contributed by atoms with Crippen LogP contribution in [0, 0.1) is 0 Å². The second kappa shape index (κ2) is 5.22. The first-order valence-corrected chi connectivity index (χ1v) is 6.95. The lowest BCUT2D eigenvalue weighted by Crippen LogP contribution is -2.12. The fourth-order valence-corrected chi connectivity index (χ4v) is 2.56. The molecule has 0 radical (unpaired) electrons. The van der Waals surface area contributed by atoms with Crippen LogP contribution in [0.2, 0.25) is 5.02 Å². The number of benzene rings is 2. The molecule has 3 rings (SSSR count). The number of hydrogen-bond donors (Lipinski definition) is 2. The summed E-state index contributed by atoms with van der Waals surface area (Å²) in [5.74, 6) is -0.512. The van der Waals surface area contributed by atoms with E-state index in [9.17, 15) is 9.59 Å². The molecule has 1 heterocycles. The molecule has 1 aliphatic heterocycles. The molecule has 4 nitrogen and oxygen atoms in total. The first-order valence-electron chi connectivity index (χ1n) is 6.57. The third-order valence-electron chi connectivity index (χ3n) is 3.55. The zero-order valence-electron chi connectivity index (χ0n) is 11.3. The Labute approximate surface area is 127 Å². The average molecular weight is 301 g/mol. The molecule has 1 atom stereocenters. The number of nitrogens with one attached hydrogen (secondary N) is 2. The van der Waals surface area contributed by atoms with Crippen LogP contribution < -0.4 is 10.6 Å². The normalized spacial score (nSPS) is 16.3. The number of fused-ring (bicyclic) bond motifs is 1. The molecule has 0 bridgehead atoms. The highest BCUT2D eigenvalue weighted by atomic mass is 35.5. The Kier molecular flexibility index (Phi) is 3.39. The van der Waals surface area contributed by atoms with Crippen LogP contribution in [0.4, 0.5) is 11.4 Å². The van der Waals surface area contributed by atoms with E-state index in [1.54, 1.807) is 36.4 Å². The summed E-state index contributed by atoms with van der Waals surface area (Å²) in [5.41, 5.74) is 2.74. The second-order valence-corrected chi connectivity index (χ2v) is 5.35. The number of halogens is 1. The smallest absolute Gasteiger partial charge is 0.257 e. The van der Waals surface area contributed by atoms with Crippen LogP contribution in [-0.2, 0) is 4.79 Å². The van der Waals surface area contributed by atoms with Gasteiger partial charge >= 0.3 is 0 Å². The van der Waals surface area contributed by atoms with E-state index >= 15 is 0 Å². The molecule has 0 fully saturated rings. The van der Waals surface area contributed by atoms with Crippen LogP contribution in [0.15, 0.2) is 42.5 Å². The predicted octanol–water partition coefficient (Wildman–Crippen LogP) is 3.65. The monoisotopic (exact) mass is 300 g/mol. The van der Waals surface area contributed by atoms with Gasteiger partial charge in [-0.1, -0.05) is 23.7 Å². The number of anilines is 2. The minimum Gasteiger partial charge on any atom is -0.325 e. The minimum atomic E-state index is -0.273. The van der Waals surface area contributed by atoms with Gasteiger partial charge in [-0.2, -0.15) is 0 Å². The van der Waals surface area contributed by atoms with E-state index in [1.807, 2.05) is 13.0 Å². The van der Waals surface area contributed by atoms with Crippen LogP contribution in [0.25, 0.3) is 0 Å². The zero-order valence-corrected chi connectivity index (χ0v) is 12.1. The van der Waals surface area contributed by atoms with Crippen molar-refractivity contribution in [3.05, 3.63) is 58.6 Å². The summed E-state index contributed by atoms with van der Waals surface area (Å²) in [6, 6.07) is 12.2. The van der Waals surface area contributed by atoms with Gasteiger partial charge in [-0.05, 0) is 42.8 Å². The molecule has 2 aromatic rings. The third-order valence-corrected chi connectivity index (χ3v) is 3.88. The van der Waals surface area contributed by atoms with E-state index in [-0.39, 0.29) is 17.7 Å². The molecule has 0 aromatic heterocycles. The van der Waals surface area contributed by atoms with E-state index in [2.05, 4.69) is 10.6 Å². The Bertz CT molecular complexity index is 743. The first kappa shape index (κ1) is 13.6. The Balaban J connectivity index is 1.85. The lowest BCUT2D eigenvalue weighted by molar-refractivity contribution is -0.116. The SMILES string of the molecule is CC1C(=O)Nc2ccc(NC(=O)c3ccccc3Cl)cc21. The van der Waals surface area contributed by atoms with Gasteiger partial charge in [0, 0.05) is 11.4 Å². The van der Waals surface area contributed by atoms with Gasteiger partial charge in [-0.25, -0.2) is 0 Å². The van der Waals surface area contributed by atoms with E-state index in [0.29, 0.717) is 16.3 Å². The molecule has 2 aromatic carbocycles. The number of rotatable bonds is 2. The van der Waals surface area contributed by atoms with Gasteiger partial charge in [0.05, 0.1) is 16.5 Å². The highest BCUT2D eigenvalue weighted by Gasteiger charge is 2.26. The number of amides is 2. The van der Waals surface area contributed by atoms with E-state index < -0.39 is 0 Å². The second-order valence-electron chi connectivity index (χ2n) is 4.95. The number of hydrogen-bond acceptors (Lipinski definition) is 2. The highest BCUT2D eigenvalue weighted by Crippen LogP contribution is 2.34. The van der Waals surface area contributed by atoms with Crippen LogP contribution >= 0.6 is 11.6 Å². The lowest BCUT2D eigenvalue weighted by atomic mass is 10.0. The van der Waals surface area contributed by atoms with Crippen LogP contribution in [-0.4, -0.2) is 11.8 Å². The van der Waals surface area contributed by atoms with Gasteiger partial charge in [0.1, 0.15) is 0 Å². The summed E-state index contributed by atoms with van der Waals surface area (Å²) in [7, 11) is 0. The van der Waals surface area contributed by atoms with E-state index in [1.165, 1.54) is 0 Å². The van der Waals surface area contributed by atoms with Crippen molar-refractivity contribution in [1.29, 1.82) is 0 Å². The van der Waals surface area contributed by atoms with Gasteiger partial charge < -0.3 is 10.6 Å². The lowest BCUT2D eigenvalue weighted by Gasteiger charge is -2.09. The van der Waals surface area contributed by atoms with Gasteiger partial charge in [0.2, 0.25) is 5.91 Å². The third kappa shape index (κ3) is 2.50. The number of carbonyl (C=O) groups excluding carboxylic acids is 2. The largest absolute Gasteiger partial charge is 0.325 e. The van der Waals surface area contributed by atoms with Crippen molar-refractivity contribution in [2.75, 3.05) is 10.6 Å².